The number of benzene rings is 1. The molecule has 7 nitrogen and oxygen atoms in total. The lowest BCUT2D eigenvalue weighted by Crippen LogP contribution is -2.44. The molecule has 1 aromatic heterocycles. The lowest BCUT2D eigenvalue weighted by molar-refractivity contribution is -0.132. The Balaban J connectivity index is 1.53. The summed E-state index contributed by atoms with van der Waals surface area (Å²) in [6.07, 6.45) is 2.85. The first kappa shape index (κ1) is 18.4. The number of hydrogen-bond acceptors (Lipinski definition) is 6. The standard InChI is InChI=1S/C19H26N4O3/c1-3-25-16-6-4-14(5-7-16)19-21-17(26-22-19)8-9-18(24)23(2)15-10-12-20-13-11-15/h4-7,15,20H,3,8-13H2,1-2H3. The van der Waals surface area contributed by atoms with E-state index in [0.29, 0.717) is 37.2 Å². The summed E-state index contributed by atoms with van der Waals surface area (Å²) in [6, 6.07) is 7.88. The van der Waals surface area contributed by atoms with Crippen LogP contribution in [0.2, 0.25) is 0 Å². The lowest BCUT2D eigenvalue weighted by Gasteiger charge is -2.31. The fraction of sp³-hybridized carbons (Fsp3) is 0.526. The van der Waals surface area contributed by atoms with Gasteiger partial charge in [-0.05, 0) is 57.1 Å². The van der Waals surface area contributed by atoms with Crippen LogP contribution in [-0.4, -0.2) is 53.7 Å². The van der Waals surface area contributed by atoms with Gasteiger partial charge in [-0.1, -0.05) is 5.16 Å². The van der Waals surface area contributed by atoms with Gasteiger partial charge in [-0.2, -0.15) is 4.98 Å². The molecule has 0 atom stereocenters. The van der Waals surface area contributed by atoms with Gasteiger partial charge in [0.15, 0.2) is 0 Å². The van der Waals surface area contributed by atoms with E-state index in [0.717, 1.165) is 37.2 Å². The molecule has 0 saturated carbocycles. The fourth-order valence-corrected chi connectivity index (χ4v) is 3.13. The van der Waals surface area contributed by atoms with Gasteiger partial charge in [-0.3, -0.25) is 4.79 Å². The molecule has 0 spiro atoms. The smallest absolute Gasteiger partial charge is 0.227 e. The summed E-state index contributed by atoms with van der Waals surface area (Å²) in [5, 5.41) is 7.33. The Hall–Kier alpha value is -2.41. The molecule has 0 radical (unpaired) electrons. The van der Waals surface area contributed by atoms with Crippen molar-refractivity contribution >= 4 is 5.91 Å². The Morgan fingerprint density at radius 2 is 2.04 bits per heavy atom. The van der Waals surface area contributed by atoms with Gasteiger partial charge in [0.25, 0.3) is 0 Å². The predicted molar refractivity (Wildman–Crippen MR) is 97.9 cm³/mol. The van der Waals surface area contributed by atoms with E-state index in [-0.39, 0.29) is 5.91 Å². The molecule has 2 heterocycles. The third kappa shape index (κ3) is 4.60. The van der Waals surface area contributed by atoms with Crippen molar-refractivity contribution < 1.29 is 14.1 Å². The summed E-state index contributed by atoms with van der Waals surface area (Å²) in [5.74, 6) is 1.95. The molecule has 140 valence electrons. The molecule has 7 heteroatoms. The molecule has 1 aliphatic heterocycles. The molecular weight excluding hydrogens is 332 g/mol. The van der Waals surface area contributed by atoms with E-state index < -0.39 is 0 Å². The first-order chi connectivity index (χ1) is 12.7. The summed E-state index contributed by atoms with van der Waals surface area (Å²) in [6.45, 7) is 4.52. The Morgan fingerprint density at radius 1 is 1.31 bits per heavy atom. The highest BCUT2D eigenvalue weighted by Crippen LogP contribution is 2.20. The zero-order valence-corrected chi connectivity index (χ0v) is 15.4. The Labute approximate surface area is 153 Å². The summed E-state index contributed by atoms with van der Waals surface area (Å²) in [4.78, 5) is 18.7. The summed E-state index contributed by atoms with van der Waals surface area (Å²) < 4.78 is 10.7. The predicted octanol–water partition coefficient (Wildman–Crippen LogP) is 2.28. The Bertz CT molecular complexity index is 708. The molecule has 0 bridgehead atoms. The Morgan fingerprint density at radius 3 is 2.73 bits per heavy atom. The van der Waals surface area contributed by atoms with Crippen molar-refractivity contribution in [2.45, 2.75) is 38.6 Å². The average Bonchev–Trinajstić information content (AvgIpc) is 3.16. The van der Waals surface area contributed by atoms with Crippen LogP contribution in [0, 0.1) is 0 Å². The zero-order chi connectivity index (χ0) is 18.4. The number of piperidine rings is 1. The minimum Gasteiger partial charge on any atom is -0.494 e. The van der Waals surface area contributed by atoms with Gasteiger partial charge in [-0.25, -0.2) is 0 Å². The van der Waals surface area contributed by atoms with Crippen molar-refractivity contribution in [3.63, 3.8) is 0 Å². The van der Waals surface area contributed by atoms with Gasteiger partial charge >= 0.3 is 0 Å². The SMILES string of the molecule is CCOc1ccc(-c2noc(CCC(=O)N(C)C3CCNCC3)n2)cc1. The minimum absolute atomic E-state index is 0.123. The molecule has 2 aromatic rings. The maximum Gasteiger partial charge on any atom is 0.227 e. The van der Waals surface area contributed by atoms with Crippen LogP contribution in [0.5, 0.6) is 5.75 Å². The topological polar surface area (TPSA) is 80.5 Å². The largest absolute Gasteiger partial charge is 0.494 e. The van der Waals surface area contributed by atoms with Crippen LogP contribution in [0.1, 0.15) is 32.1 Å². The van der Waals surface area contributed by atoms with E-state index >= 15 is 0 Å². The quantitative estimate of drug-likeness (QED) is 0.818. The number of aryl methyl sites for hydroxylation is 1. The monoisotopic (exact) mass is 358 g/mol. The van der Waals surface area contributed by atoms with Gasteiger partial charge in [0, 0.05) is 31.5 Å². The molecular formula is C19H26N4O3. The van der Waals surface area contributed by atoms with E-state index in [2.05, 4.69) is 15.5 Å². The molecule has 1 aliphatic rings. The fourth-order valence-electron chi connectivity index (χ4n) is 3.13. The van der Waals surface area contributed by atoms with Crippen LogP contribution in [0.4, 0.5) is 0 Å². The number of carbonyl (C=O) groups excluding carboxylic acids is 1. The minimum atomic E-state index is 0.123. The van der Waals surface area contributed by atoms with E-state index in [1.165, 1.54) is 0 Å². The molecule has 1 saturated heterocycles. The molecule has 3 rings (SSSR count). The number of ether oxygens (including phenoxy) is 1. The van der Waals surface area contributed by atoms with Crippen molar-refractivity contribution in [1.82, 2.24) is 20.4 Å². The molecule has 1 fully saturated rings. The highest BCUT2D eigenvalue weighted by Gasteiger charge is 2.22. The van der Waals surface area contributed by atoms with Crippen LogP contribution in [0.15, 0.2) is 28.8 Å². The van der Waals surface area contributed by atoms with E-state index in [4.69, 9.17) is 9.26 Å². The second-order valence-electron chi connectivity index (χ2n) is 6.45. The third-order valence-corrected chi connectivity index (χ3v) is 4.69. The number of hydrogen-bond donors (Lipinski definition) is 1. The van der Waals surface area contributed by atoms with E-state index in [9.17, 15) is 4.79 Å². The van der Waals surface area contributed by atoms with Crippen molar-refractivity contribution in [1.29, 1.82) is 0 Å². The molecule has 0 aliphatic carbocycles. The maximum atomic E-state index is 12.4. The number of nitrogens with zero attached hydrogens (tertiary/aromatic N) is 3. The van der Waals surface area contributed by atoms with Gasteiger partial charge in [-0.15, -0.1) is 0 Å². The maximum absolute atomic E-state index is 12.4. The highest BCUT2D eigenvalue weighted by molar-refractivity contribution is 5.76. The molecule has 1 aromatic carbocycles. The molecule has 1 N–H and O–H groups in total. The molecule has 1 amide bonds. The van der Waals surface area contributed by atoms with Gasteiger partial charge in [0.1, 0.15) is 5.75 Å². The molecule has 26 heavy (non-hydrogen) atoms. The van der Waals surface area contributed by atoms with Crippen LogP contribution < -0.4 is 10.1 Å². The van der Waals surface area contributed by atoms with Crippen LogP contribution >= 0.6 is 0 Å². The second-order valence-corrected chi connectivity index (χ2v) is 6.45. The van der Waals surface area contributed by atoms with Crippen LogP contribution in [-0.2, 0) is 11.2 Å². The van der Waals surface area contributed by atoms with Crippen molar-refractivity contribution in [3.8, 4) is 17.1 Å². The van der Waals surface area contributed by atoms with Crippen LogP contribution in [0.3, 0.4) is 0 Å². The number of amides is 1. The third-order valence-electron chi connectivity index (χ3n) is 4.69. The molecule has 0 unspecified atom stereocenters. The first-order valence-electron chi connectivity index (χ1n) is 9.19. The first-order valence-corrected chi connectivity index (χ1v) is 9.19. The van der Waals surface area contributed by atoms with Gasteiger partial charge in [0.2, 0.25) is 17.6 Å². The van der Waals surface area contributed by atoms with Crippen molar-refractivity contribution in [2.24, 2.45) is 0 Å². The average molecular weight is 358 g/mol. The number of nitrogens with one attached hydrogen (secondary N) is 1. The lowest BCUT2D eigenvalue weighted by atomic mass is 10.0. The summed E-state index contributed by atoms with van der Waals surface area (Å²) >= 11 is 0. The zero-order valence-electron chi connectivity index (χ0n) is 15.4. The van der Waals surface area contributed by atoms with E-state index in [1.807, 2.05) is 43.1 Å². The normalized spacial score (nSPS) is 15.0. The van der Waals surface area contributed by atoms with Crippen LogP contribution in [0.25, 0.3) is 11.4 Å². The highest BCUT2D eigenvalue weighted by atomic mass is 16.5. The van der Waals surface area contributed by atoms with Crippen molar-refractivity contribution in [2.75, 3.05) is 26.7 Å². The summed E-state index contributed by atoms with van der Waals surface area (Å²) in [7, 11) is 1.89. The van der Waals surface area contributed by atoms with E-state index in [1.54, 1.807) is 0 Å². The number of rotatable bonds is 7. The summed E-state index contributed by atoms with van der Waals surface area (Å²) in [5.41, 5.74) is 0.863. The Kier molecular flexibility index (Phi) is 6.22. The van der Waals surface area contributed by atoms with Gasteiger partial charge < -0.3 is 19.5 Å². The number of aromatic nitrogens is 2. The van der Waals surface area contributed by atoms with Gasteiger partial charge in [0.05, 0.1) is 6.61 Å². The number of carbonyl (C=O) groups is 1. The second kappa shape index (κ2) is 8.80. The van der Waals surface area contributed by atoms with Crippen molar-refractivity contribution in [3.05, 3.63) is 30.2 Å².